The summed E-state index contributed by atoms with van der Waals surface area (Å²) >= 11 is 0. The van der Waals surface area contributed by atoms with Crippen molar-refractivity contribution in [1.82, 2.24) is 0 Å². The molecular weight excluding hydrogens is 283 g/mol. The van der Waals surface area contributed by atoms with Gasteiger partial charge in [-0.2, -0.15) is 0 Å². The Morgan fingerprint density at radius 1 is 0.739 bits per heavy atom. The predicted octanol–water partition coefficient (Wildman–Crippen LogP) is 6.42. The van der Waals surface area contributed by atoms with Crippen LogP contribution in [0, 0.1) is 11.8 Å². The van der Waals surface area contributed by atoms with Crippen LogP contribution in [0.15, 0.2) is 0 Å². The molecule has 1 heterocycles. The van der Waals surface area contributed by atoms with E-state index in [1.165, 1.54) is 89.9 Å². The molecule has 0 aromatic rings. The lowest BCUT2D eigenvalue weighted by Crippen LogP contribution is -2.28. The fourth-order valence-electron chi connectivity index (χ4n) is 5.78. The highest BCUT2D eigenvalue weighted by Gasteiger charge is 2.55. The quantitative estimate of drug-likeness (QED) is 0.211. The lowest BCUT2D eigenvalue weighted by atomic mass is 9.47. The molecule has 0 aromatic carbocycles. The Labute approximate surface area is 144 Å². The van der Waals surface area contributed by atoms with Crippen LogP contribution in [0.1, 0.15) is 96.8 Å². The molecule has 2 aliphatic carbocycles. The Hall–Kier alpha value is -0.0151. The van der Waals surface area contributed by atoms with Crippen molar-refractivity contribution in [3.8, 4) is 0 Å². The van der Waals surface area contributed by atoms with Gasteiger partial charge in [-0.1, -0.05) is 90.4 Å². The number of unbranched alkanes of at least 4 members (excludes halogenated alkanes) is 5. The van der Waals surface area contributed by atoms with Crippen molar-refractivity contribution in [2.75, 3.05) is 6.61 Å². The van der Waals surface area contributed by atoms with Gasteiger partial charge in [-0.15, -0.1) is 0 Å². The molecule has 0 bridgehead atoms. The molecule has 132 valence electrons. The maximum atomic E-state index is 6.07. The van der Waals surface area contributed by atoms with Crippen LogP contribution < -0.4 is 0 Å². The van der Waals surface area contributed by atoms with Crippen LogP contribution in [0.3, 0.4) is 0 Å². The molecule has 0 radical (unpaired) electrons. The molecule has 0 aromatic heterocycles. The standard InChI is InChI=1S/C20H37BO2/c1-2-3-4-5-6-11-16-22-23-21-19-14-9-7-12-17(19)18-13-8-10-15-20(18)21/h17-20H,2-16H2,1H3. The largest absolute Gasteiger partial charge is 0.347 e. The first-order valence-electron chi connectivity index (χ1n) is 10.7. The molecule has 23 heavy (non-hydrogen) atoms. The van der Waals surface area contributed by atoms with Gasteiger partial charge in [0.05, 0.1) is 6.61 Å². The number of hydrogen-bond donors (Lipinski definition) is 0. The third-order valence-corrected chi connectivity index (χ3v) is 6.90. The summed E-state index contributed by atoms with van der Waals surface area (Å²) in [5, 5.41) is 0. The lowest BCUT2D eigenvalue weighted by Gasteiger charge is -2.32. The lowest BCUT2D eigenvalue weighted by molar-refractivity contribution is -0.216. The van der Waals surface area contributed by atoms with E-state index in [4.69, 9.17) is 9.69 Å². The Bertz CT molecular complexity index is 314. The predicted molar refractivity (Wildman–Crippen MR) is 97.6 cm³/mol. The topological polar surface area (TPSA) is 18.5 Å². The summed E-state index contributed by atoms with van der Waals surface area (Å²) in [7, 11) is 0. The van der Waals surface area contributed by atoms with E-state index in [0.717, 1.165) is 30.1 Å². The molecule has 2 saturated carbocycles. The number of hydrogen-bond acceptors (Lipinski definition) is 2. The first-order valence-corrected chi connectivity index (χ1v) is 10.7. The van der Waals surface area contributed by atoms with Crippen molar-refractivity contribution in [2.45, 2.75) is 108 Å². The van der Waals surface area contributed by atoms with Crippen molar-refractivity contribution < 1.29 is 9.69 Å². The van der Waals surface area contributed by atoms with Crippen LogP contribution in [0.4, 0.5) is 0 Å². The molecule has 3 rings (SSSR count). The average molecular weight is 320 g/mol. The van der Waals surface area contributed by atoms with Crippen molar-refractivity contribution in [3.63, 3.8) is 0 Å². The minimum absolute atomic E-state index is 0.422. The van der Waals surface area contributed by atoms with E-state index in [1.807, 2.05) is 0 Å². The first-order chi connectivity index (χ1) is 11.4. The summed E-state index contributed by atoms with van der Waals surface area (Å²) in [4.78, 5) is 11.8. The van der Waals surface area contributed by atoms with Gasteiger partial charge in [-0.3, -0.25) is 4.89 Å². The van der Waals surface area contributed by atoms with Crippen molar-refractivity contribution in [3.05, 3.63) is 0 Å². The summed E-state index contributed by atoms with van der Waals surface area (Å²) in [6.07, 6.45) is 19.4. The Balaban J connectivity index is 1.39. The summed E-state index contributed by atoms with van der Waals surface area (Å²) in [5.74, 6) is 3.52. The smallest absolute Gasteiger partial charge is 0.304 e. The summed E-state index contributed by atoms with van der Waals surface area (Å²) in [5.41, 5.74) is 0. The molecule has 2 nitrogen and oxygen atoms in total. The fourth-order valence-corrected chi connectivity index (χ4v) is 5.78. The molecule has 3 heteroatoms. The van der Waals surface area contributed by atoms with Crippen molar-refractivity contribution >= 4 is 6.92 Å². The van der Waals surface area contributed by atoms with E-state index >= 15 is 0 Å². The minimum Gasteiger partial charge on any atom is -0.304 e. The second kappa shape index (κ2) is 9.46. The SMILES string of the molecule is CCCCCCCCOOB1C2CCCCC2C2CCCCC12. The third kappa shape index (κ3) is 4.54. The fraction of sp³-hybridized carbons (Fsp3) is 1.00. The molecule has 4 unspecified atom stereocenters. The molecule has 1 saturated heterocycles. The maximum Gasteiger partial charge on any atom is 0.347 e. The maximum absolute atomic E-state index is 6.07. The van der Waals surface area contributed by atoms with Gasteiger partial charge in [0, 0.05) is 0 Å². The number of rotatable bonds is 9. The second-order valence-corrected chi connectivity index (χ2v) is 8.37. The van der Waals surface area contributed by atoms with Gasteiger partial charge in [0.15, 0.2) is 0 Å². The highest BCUT2D eigenvalue weighted by atomic mass is 17.2. The van der Waals surface area contributed by atoms with E-state index < -0.39 is 0 Å². The zero-order valence-corrected chi connectivity index (χ0v) is 15.3. The Kier molecular flexibility index (Phi) is 7.32. The van der Waals surface area contributed by atoms with Crippen molar-refractivity contribution in [2.24, 2.45) is 11.8 Å². The second-order valence-electron chi connectivity index (χ2n) is 8.37. The van der Waals surface area contributed by atoms with Crippen LogP contribution >= 0.6 is 0 Å². The van der Waals surface area contributed by atoms with E-state index in [0.29, 0.717) is 6.92 Å². The molecular formula is C20H37BO2. The Morgan fingerprint density at radius 3 is 1.96 bits per heavy atom. The molecule has 0 spiro atoms. The van der Waals surface area contributed by atoms with Crippen LogP contribution in [-0.2, 0) is 9.69 Å². The van der Waals surface area contributed by atoms with Gasteiger partial charge in [0.25, 0.3) is 0 Å². The van der Waals surface area contributed by atoms with Crippen LogP contribution in [0.25, 0.3) is 0 Å². The highest BCUT2D eigenvalue weighted by molar-refractivity contribution is 6.56. The van der Waals surface area contributed by atoms with E-state index in [1.54, 1.807) is 0 Å². The normalized spacial score (nSPS) is 33.5. The van der Waals surface area contributed by atoms with Crippen LogP contribution in [-0.4, -0.2) is 13.5 Å². The number of fused-ring (bicyclic) bond motifs is 3. The van der Waals surface area contributed by atoms with Gasteiger partial charge in [-0.25, -0.2) is 0 Å². The minimum atomic E-state index is 0.422. The summed E-state index contributed by atoms with van der Waals surface area (Å²) in [6, 6.07) is 0. The molecule has 1 aliphatic heterocycles. The van der Waals surface area contributed by atoms with E-state index in [2.05, 4.69) is 6.92 Å². The van der Waals surface area contributed by atoms with Gasteiger partial charge in [0.2, 0.25) is 0 Å². The van der Waals surface area contributed by atoms with Gasteiger partial charge in [-0.05, 0) is 29.9 Å². The third-order valence-electron chi connectivity index (χ3n) is 6.90. The van der Waals surface area contributed by atoms with Gasteiger partial charge in [0.1, 0.15) is 0 Å². The van der Waals surface area contributed by atoms with E-state index in [-0.39, 0.29) is 0 Å². The van der Waals surface area contributed by atoms with Gasteiger partial charge < -0.3 is 4.81 Å². The molecule has 3 aliphatic rings. The summed E-state index contributed by atoms with van der Waals surface area (Å²) in [6.45, 7) is 3.50. The zero-order chi connectivity index (χ0) is 15.9. The first kappa shape index (κ1) is 17.8. The highest BCUT2D eigenvalue weighted by Crippen LogP contribution is 2.59. The molecule has 4 atom stereocenters. The molecule has 0 amide bonds. The summed E-state index contributed by atoms with van der Waals surface area (Å²) < 4.78 is 0. The van der Waals surface area contributed by atoms with E-state index in [9.17, 15) is 0 Å². The average Bonchev–Trinajstić information content (AvgIpc) is 2.92. The zero-order valence-electron chi connectivity index (χ0n) is 15.3. The van der Waals surface area contributed by atoms with Crippen molar-refractivity contribution in [1.29, 1.82) is 0 Å². The molecule has 0 N–H and O–H groups in total. The van der Waals surface area contributed by atoms with Gasteiger partial charge >= 0.3 is 6.92 Å². The Morgan fingerprint density at radius 2 is 1.30 bits per heavy atom. The van der Waals surface area contributed by atoms with Crippen LogP contribution in [0.2, 0.25) is 11.6 Å². The molecule has 3 fully saturated rings. The monoisotopic (exact) mass is 320 g/mol. The van der Waals surface area contributed by atoms with Crippen LogP contribution in [0.5, 0.6) is 0 Å².